The topological polar surface area (TPSA) is 81.9 Å². The number of halogens is 1. The molecular formula is C25H24ClN3O4S. The van der Waals surface area contributed by atoms with Crippen molar-refractivity contribution in [3.63, 3.8) is 0 Å². The van der Waals surface area contributed by atoms with Gasteiger partial charge in [0.25, 0.3) is 5.91 Å². The van der Waals surface area contributed by atoms with Gasteiger partial charge in [0.1, 0.15) is 27.7 Å². The highest BCUT2D eigenvalue weighted by Gasteiger charge is 2.25. The second-order valence-electron chi connectivity index (χ2n) is 7.52. The predicted molar refractivity (Wildman–Crippen MR) is 134 cm³/mol. The molecule has 0 atom stereocenters. The number of benzene rings is 1. The van der Waals surface area contributed by atoms with Gasteiger partial charge in [-0.2, -0.15) is 0 Å². The molecule has 0 unspecified atom stereocenters. The molecule has 1 amide bonds. The van der Waals surface area contributed by atoms with Crippen molar-refractivity contribution in [2.75, 3.05) is 18.5 Å². The fourth-order valence-corrected chi connectivity index (χ4v) is 4.70. The molecule has 0 fully saturated rings. The van der Waals surface area contributed by atoms with Gasteiger partial charge in [-0.1, -0.05) is 30.7 Å². The molecule has 0 radical (unpaired) electrons. The molecule has 9 heteroatoms. The van der Waals surface area contributed by atoms with Crippen LogP contribution >= 0.6 is 22.9 Å². The number of anilines is 1. The molecule has 0 bridgehead atoms. The Bertz CT molecular complexity index is 1340. The first-order valence-electron chi connectivity index (χ1n) is 10.9. The molecule has 1 aromatic carbocycles. The van der Waals surface area contributed by atoms with E-state index in [4.69, 9.17) is 21.1 Å². The second-order valence-corrected chi connectivity index (χ2v) is 8.84. The third kappa shape index (κ3) is 4.78. The van der Waals surface area contributed by atoms with Crippen molar-refractivity contribution in [3.05, 3.63) is 69.9 Å². The van der Waals surface area contributed by atoms with Crippen LogP contribution in [0, 0.1) is 6.92 Å². The Labute approximate surface area is 206 Å². The van der Waals surface area contributed by atoms with E-state index in [1.807, 2.05) is 36.6 Å². The van der Waals surface area contributed by atoms with Gasteiger partial charge in [0.2, 0.25) is 0 Å². The normalized spacial score (nSPS) is 10.9. The van der Waals surface area contributed by atoms with E-state index in [-0.39, 0.29) is 12.5 Å². The fourth-order valence-electron chi connectivity index (χ4n) is 3.59. The molecule has 1 N–H and O–H groups in total. The van der Waals surface area contributed by atoms with E-state index in [1.165, 1.54) is 11.3 Å². The Morgan fingerprint density at radius 2 is 1.94 bits per heavy atom. The van der Waals surface area contributed by atoms with Crippen molar-refractivity contribution >= 4 is 45.5 Å². The van der Waals surface area contributed by atoms with Crippen LogP contribution in [0.15, 0.2) is 48.0 Å². The van der Waals surface area contributed by atoms with Crippen LogP contribution in [-0.4, -0.2) is 34.5 Å². The second kappa shape index (κ2) is 10.3. The highest BCUT2D eigenvalue weighted by atomic mass is 35.5. The first-order chi connectivity index (χ1) is 16.4. The number of hydrogen-bond acceptors (Lipinski definition) is 6. The van der Waals surface area contributed by atoms with Crippen molar-refractivity contribution < 1.29 is 19.1 Å². The third-order valence-corrected chi connectivity index (χ3v) is 6.24. The molecule has 0 saturated carbocycles. The van der Waals surface area contributed by atoms with Crippen LogP contribution in [0.5, 0.6) is 5.75 Å². The van der Waals surface area contributed by atoms with E-state index in [0.29, 0.717) is 44.8 Å². The van der Waals surface area contributed by atoms with Crippen molar-refractivity contribution in [1.82, 2.24) is 9.38 Å². The van der Waals surface area contributed by atoms with Gasteiger partial charge in [-0.25, -0.2) is 9.78 Å². The summed E-state index contributed by atoms with van der Waals surface area (Å²) in [4.78, 5) is 30.6. The Balaban J connectivity index is 1.69. The lowest BCUT2D eigenvalue weighted by Gasteiger charge is -2.10. The standard InChI is InChI=1S/C25H24ClN3O4S/c1-4-12-33-18-8-6-16(7-9-18)19-14-34-24(21(19)25(31)32-5-2)28-23(30)22-15(3)27-20-13-17(26)10-11-29(20)22/h6-11,13-14H,4-5,12H2,1-3H3,(H,28,30). The number of nitrogens with one attached hydrogen (secondary N) is 1. The maximum absolute atomic E-state index is 13.3. The van der Waals surface area contributed by atoms with Crippen LogP contribution in [0.2, 0.25) is 5.02 Å². The minimum Gasteiger partial charge on any atom is -0.494 e. The van der Waals surface area contributed by atoms with Crippen LogP contribution in [0.3, 0.4) is 0 Å². The summed E-state index contributed by atoms with van der Waals surface area (Å²) in [5, 5.41) is 5.67. The molecule has 4 rings (SSSR count). The van der Waals surface area contributed by atoms with Crippen LogP contribution in [0.4, 0.5) is 5.00 Å². The summed E-state index contributed by atoms with van der Waals surface area (Å²) in [5.41, 5.74) is 3.31. The largest absolute Gasteiger partial charge is 0.494 e. The van der Waals surface area contributed by atoms with Gasteiger partial charge >= 0.3 is 5.97 Å². The Hall–Kier alpha value is -3.36. The number of hydrogen-bond donors (Lipinski definition) is 1. The van der Waals surface area contributed by atoms with Gasteiger partial charge in [-0.05, 0) is 44.0 Å². The highest BCUT2D eigenvalue weighted by molar-refractivity contribution is 7.15. The number of aromatic nitrogens is 2. The number of nitrogens with zero attached hydrogens (tertiary/aromatic N) is 2. The zero-order valence-corrected chi connectivity index (χ0v) is 20.6. The lowest BCUT2D eigenvalue weighted by atomic mass is 10.0. The van der Waals surface area contributed by atoms with Crippen LogP contribution in [0.25, 0.3) is 16.8 Å². The molecule has 3 heterocycles. The predicted octanol–water partition coefficient (Wildman–Crippen LogP) is 6.24. The molecule has 0 saturated heterocycles. The zero-order valence-electron chi connectivity index (χ0n) is 19.1. The number of aryl methyl sites for hydroxylation is 1. The van der Waals surface area contributed by atoms with Gasteiger partial charge in [-0.3, -0.25) is 9.20 Å². The number of carbonyl (C=O) groups excluding carboxylic acids is 2. The van der Waals surface area contributed by atoms with Crippen LogP contribution in [-0.2, 0) is 4.74 Å². The number of carbonyl (C=O) groups is 2. The van der Waals surface area contributed by atoms with Crippen LogP contribution < -0.4 is 10.1 Å². The number of amides is 1. The maximum Gasteiger partial charge on any atom is 0.341 e. The molecule has 0 spiro atoms. The molecule has 0 aliphatic rings. The summed E-state index contributed by atoms with van der Waals surface area (Å²) in [6, 6.07) is 10.9. The molecule has 0 aliphatic heterocycles. The molecule has 4 aromatic rings. The zero-order chi connectivity index (χ0) is 24.2. The van der Waals surface area contributed by atoms with E-state index in [2.05, 4.69) is 10.3 Å². The summed E-state index contributed by atoms with van der Waals surface area (Å²) in [7, 11) is 0. The highest BCUT2D eigenvalue weighted by Crippen LogP contribution is 2.37. The first kappa shape index (κ1) is 23.8. The Morgan fingerprint density at radius 3 is 2.65 bits per heavy atom. The number of pyridine rings is 1. The summed E-state index contributed by atoms with van der Waals surface area (Å²) in [5.74, 6) is -0.119. The number of rotatable bonds is 8. The number of ether oxygens (including phenoxy) is 2. The minimum absolute atomic E-state index is 0.221. The monoisotopic (exact) mass is 497 g/mol. The van der Waals surface area contributed by atoms with Crippen molar-refractivity contribution in [2.45, 2.75) is 27.2 Å². The van der Waals surface area contributed by atoms with Gasteiger partial charge in [0.05, 0.1) is 18.9 Å². The molecule has 3 aromatic heterocycles. The van der Waals surface area contributed by atoms with E-state index >= 15 is 0 Å². The Kier molecular flexibility index (Phi) is 7.19. The summed E-state index contributed by atoms with van der Waals surface area (Å²) >= 11 is 7.33. The van der Waals surface area contributed by atoms with Crippen molar-refractivity contribution in [3.8, 4) is 16.9 Å². The third-order valence-electron chi connectivity index (χ3n) is 5.11. The van der Waals surface area contributed by atoms with Gasteiger partial charge in [0.15, 0.2) is 0 Å². The van der Waals surface area contributed by atoms with Gasteiger partial charge in [-0.15, -0.1) is 11.3 Å². The summed E-state index contributed by atoms with van der Waals surface area (Å²) in [6.45, 7) is 6.40. The lowest BCUT2D eigenvalue weighted by molar-refractivity contribution is 0.0529. The van der Waals surface area contributed by atoms with E-state index < -0.39 is 5.97 Å². The molecule has 7 nitrogen and oxygen atoms in total. The molecule has 0 aliphatic carbocycles. The van der Waals surface area contributed by atoms with Crippen molar-refractivity contribution in [2.24, 2.45) is 0 Å². The average Bonchev–Trinajstić information content (AvgIpc) is 3.37. The van der Waals surface area contributed by atoms with E-state index in [0.717, 1.165) is 17.7 Å². The molecular weight excluding hydrogens is 474 g/mol. The van der Waals surface area contributed by atoms with Gasteiger partial charge < -0.3 is 14.8 Å². The number of fused-ring (bicyclic) bond motifs is 1. The van der Waals surface area contributed by atoms with Gasteiger partial charge in [0, 0.05) is 28.2 Å². The maximum atomic E-state index is 13.3. The number of thiophene rings is 1. The van der Waals surface area contributed by atoms with E-state index in [9.17, 15) is 9.59 Å². The molecule has 34 heavy (non-hydrogen) atoms. The van der Waals surface area contributed by atoms with Crippen molar-refractivity contribution in [1.29, 1.82) is 0 Å². The van der Waals surface area contributed by atoms with E-state index in [1.54, 1.807) is 36.6 Å². The average molecular weight is 498 g/mol. The smallest absolute Gasteiger partial charge is 0.341 e. The SMILES string of the molecule is CCCOc1ccc(-c2csc(NC(=O)c3c(C)nc4cc(Cl)ccn34)c2C(=O)OCC)cc1. The molecule has 176 valence electrons. The summed E-state index contributed by atoms with van der Waals surface area (Å²) < 4.78 is 12.6. The fraction of sp³-hybridized carbons (Fsp3) is 0.240. The number of imidazole rings is 1. The Morgan fingerprint density at radius 1 is 1.18 bits per heavy atom. The summed E-state index contributed by atoms with van der Waals surface area (Å²) in [6.07, 6.45) is 2.61. The first-order valence-corrected chi connectivity index (χ1v) is 12.2. The number of esters is 1. The minimum atomic E-state index is -0.498. The quantitative estimate of drug-likeness (QED) is 0.291. The lowest BCUT2D eigenvalue weighted by Crippen LogP contribution is -2.17. The van der Waals surface area contributed by atoms with Crippen LogP contribution in [0.1, 0.15) is 46.8 Å².